The van der Waals surface area contributed by atoms with Crippen LogP contribution in [0.25, 0.3) is 0 Å². The second kappa shape index (κ2) is 7.56. The van der Waals surface area contributed by atoms with Gasteiger partial charge in [0.25, 0.3) is 0 Å². The first-order valence-electron chi connectivity index (χ1n) is 8.76. The topological polar surface area (TPSA) is 28.1 Å². The SMILES string of the molecule is Clc1cccc(N2CN(C[C@@H]3CCCO3)CN=C2c2ccccc2)c1. The van der Waals surface area contributed by atoms with Crippen LogP contribution in [0.3, 0.4) is 0 Å². The van der Waals surface area contributed by atoms with Crippen LogP contribution in [0.1, 0.15) is 18.4 Å². The fourth-order valence-electron chi connectivity index (χ4n) is 3.44. The lowest BCUT2D eigenvalue weighted by molar-refractivity contribution is 0.0739. The molecule has 0 saturated carbocycles. The molecule has 0 aliphatic carbocycles. The number of anilines is 1. The highest BCUT2D eigenvalue weighted by atomic mass is 35.5. The summed E-state index contributed by atoms with van der Waals surface area (Å²) < 4.78 is 5.80. The predicted molar refractivity (Wildman–Crippen MR) is 102 cm³/mol. The molecule has 5 heteroatoms. The van der Waals surface area contributed by atoms with Crippen molar-refractivity contribution in [2.45, 2.75) is 18.9 Å². The summed E-state index contributed by atoms with van der Waals surface area (Å²) in [7, 11) is 0. The summed E-state index contributed by atoms with van der Waals surface area (Å²) in [6, 6.07) is 18.3. The van der Waals surface area contributed by atoms with Gasteiger partial charge in [-0.1, -0.05) is 48.0 Å². The molecule has 0 N–H and O–H groups in total. The molecular formula is C20H22ClN3O. The zero-order chi connectivity index (χ0) is 17.1. The summed E-state index contributed by atoms with van der Waals surface area (Å²) in [6.45, 7) is 3.28. The van der Waals surface area contributed by atoms with Gasteiger partial charge in [0.1, 0.15) is 5.84 Å². The van der Waals surface area contributed by atoms with Gasteiger partial charge >= 0.3 is 0 Å². The van der Waals surface area contributed by atoms with E-state index in [9.17, 15) is 0 Å². The molecule has 2 heterocycles. The predicted octanol–water partition coefficient (Wildman–Crippen LogP) is 4.00. The van der Waals surface area contributed by atoms with Gasteiger partial charge in [-0.2, -0.15) is 0 Å². The molecule has 2 aromatic carbocycles. The number of halogens is 1. The molecule has 0 aromatic heterocycles. The van der Waals surface area contributed by atoms with Gasteiger partial charge < -0.3 is 9.64 Å². The molecule has 1 fully saturated rings. The van der Waals surface area contributed by atoms with E-state index in [0.29, 0.717) is 12.8 Å². The minimum Gasteiger partial charge on any atom is -0.377 e. The minimum absolute atomic E-state index is 0.328. The van der Waals surface area contributed by atoms with Crippen LogP contribution < -0.4 is 4.90 Å². The van der Waals surface area contributed by atoms with Crippen LogP contribution in [0, 0.1) is 0 Å². The Morgan fingerprint density at radius 2 is 2.00 bits per heavy atom. The molecule has 2 aliphatic heterocycles. The standard InChI is InChI=1S/C20H22ClN3O/c21-17-8-4-9-18(12-17)24-15-23(13-19-10-5-11-25-19)14-22-20(24)16-6-2-1-3-7-16/h1-4,6-9,12,19H,5,10-11,13-15H2/t19-/m0/s1. The van der Waals surface area contributed by atoms with E-state index < -0.39 is 0 Å². The van der Waals surface area contributed by atoms with E-state index in [1.165, 1.54) is 0 Å². The number of nitrogens with zero attached hydrogens (tertiary/aromatic N) is 3. The summed E-state index contributed by atoms with van der Waals surface area (Å²) in [6.07, 6.45) is 2.63. The lowest BCUT2D eigenvalue weighted by Crippen LogP contribution is -2.48. The number of ether oxygens (including phenoxy) is 1. The monoisotopic (exact) mass is 355 g/mol. The Balaban J connectivity index is 1.62. The maximum Gasteiger partial charge on any atom is 0.137 e. The first kappa shape index (κ1) is 16.6. The third kappa shape index (κ3) is 3.87. The second-order valence-electron chi connectivity index (χ2n) is 6.53. The third-order valence-electron chi connectivity index (χ3n) is 4.66. The fourth-order valence-corrected chi connectivity index (χ4v) is 3.62. The number of hydrogen-bond donors (Lipinski definition) is 0. The molecule has 0 unspecified atom stereocenters. The minimum atomic E-state index is 0.328. The molecule has 4 rings (SSSR count). The van der Waals surface area contributed by atoms with E-state index in [-0.39, 0.29) is 0 Å². The van der Waals surface area contributed by atoms with Gasteiger partial charge in [0.15, 0.2) is 0 Å². The lowest BCUT2D eigenvalue weighted by atomic mass is 10.1. The van der Waals surface area contributed by atoms with Crippen LogP contribution in [-0.4, -0.2) is 43.3 Å². The van der Waals surface area contributed by atoms with Crippen molar-refractivity contribution >= 4 is 23.1 Å². The molecular weight excluding hydrogens is 334 g/mol. The largest absolute Gasteiger partial charge is 0.377 e. The van der Waals surface area contributed by atoms with Gasteiger partial charge in [-0.3, -0.25) is 9.89 Å². The molecule has 0 spiro atoms. The molecule has 2 aliphatic rings. The van der Waals surface area contributed by atoms with Crippen molar-refractivity contribution in [3.63, 3.8) is 0 Å². The number of amidine groups is 1. The van der Waals surface area contributed by atoms with Gasteiger partial charge in [-0.15, -0.1) is 0 Å². The Kier molecular flexibility index (Phi) is 5.02. The number of hydrogen-bond acceptors (Lipinski definition) is 4. The highest BCUT2D eigenvalue weighted by Gasteiger charge is 2.26. The Labute approximate surface area is 153 Å². The van der Waals surface area contributed by atoms with Crippen molar-refractivity contribution in [2.75, 3.05) is 31.4 Å². The van der Waals surface area contributed by atoms with Crippen LogP contribution in [-0.2, 0) is 4.74 Å². The molecule has 0 radical (unpaired) electrons. The van der Waals surface area contributed by atoms with Crippen molar-refractivity contribution in [1.29, 1.82) is 0 Å². The van der Waals surface area contributed by atoms with Gasteiger partial charge in [0.05, 0.1) is 19.4 Å². The van der Waals surface area contributed by atoms with E-state index in [4.69, 9.17) is 21.3 Å². The molecule has 0 amide bonds. The van der Waals surface area contributed by atoms with Gasteiger partial charge in [-0.05, 0) is 31.0 Å². The highest BCUT2D eigenvalue weighted by molar-refractivity contribution is 6.31. The third-order valence-corrected chi connectivity index (χ3v) is 4.89. The van der Waals surface area contributed by atoms with Crippen molar-refractivity contribution in [1.82, 2.24) is 4.90 Å². The van der Waals surface area contributed by atoms with Crippen LogP contribution in [0.4, 0.5) is 5.69 Å². The number of aliphatic imine (C=N–C) groups is 1. The first-order chi connectivity index (χ1) is 12.3. The van der Waals surface area contributed by atoms with E-state index in [2.05, 4.69) is 28.0 Å². The molecule has 130 valence electrons. The summed E-state index contributed by atoms with van der Waals surface area (Å²) in [4.78, 5) is 9.45. The van der Waals surface area contributed by atoms with E-state index in [1.54, 1.807) is 0 Å². The van der Waals surface area contributed by atoms with E-state index >= 15 is 0 Å². The highest BCUT2D eigenvalue weighted by Crippen LogP contribution is 2.25. The van der Waals surface area contributed by atoms with Crippen molar-refractivity contribution < 1.29 is 4.74 Å². The van der Waals surface area contributed by atoms with Crippen LogP contribution in [0.15, 0.2) is 59.6 Å². The van der Waals surface area contributed by atoms with E-state index in [0.717, 1.165) is 54.8 Å². The zero-order valence-corrected chi connectivity index (χ0v) is 14.9. The second-order valence-corrected chi connectivity index (χ2v) is 6.96. The first-order valence-corrected chi connectivity index (χ1v) is 9.14. The summed E-state index contributed by atoms with van der Waals surface area (Å²) in [5.74, 6) is 0.992. The van der Waals surface area contributed by atoms with Gasteiger partial charge in [0.2, 0.25) is 0 Å². The zero-order valence-electron chi connectivity index (χ0n) is 14.1. The average Bonchev–Trinajstić information content (AvgIpc) is 3.15. The van der Waals surface area contributed by atoms with E-state index in [1.807, 2.05) is 36.4 Å². The Bertz CT molecular complexity index is 744. The normalized spacial score (nSPS) is 21.4. The van der Waals surface area contributed by atoms with Gasteiger partial charge in [0, 0.05) is 29.4 Å². The van der Waals surface area contributed by atoms with Crippen molar-refractivity contribution in [2.24, 2.45) is 4.99 Å². The van der Waals surface area contributed by atoms with Crippen molar-refractivity contribution in [3.05, 3.63) is 65.2 Å². The maximum atomic E-state index is 6.23. The number of benzene rings is 2. The number of rotatable bonds is 4. The molecule has 0 bridgehead atoms. The van der Waals surface area contributed by atoms with Crippen LogP contribution in [0.2, 0.25) is 5.02 Å². The lowest BCUT2D eigenvalue weighted by Gasteiger charge is -2.37. The molecule has 1 atom stereocenters. The molecule has 25 heavy (non-hydrogen) atoms. The maximum absolute atomic E-state index is 6.23. The van der Waals surface area contributed by atoms with Gasteiger partial charge in [-0.25, -0.2) is 0 Å². The Morgan fingerprint density at radius 1 is 1.12 bits per heavy atom. The van der Waals surface area contributed by atoms with Crippen molar-refractivity contribution in [3.8, 4) is 0 Å². The molecule has 2 aromatic rings. The van der Waals surface area contributed by atoms with Crippen LogP contribution in [0.5, 0.6) is 0 Å². The molecule has 4 nitrogen and oxygen atoms in total. The summed E-state index contributed by atoms with van der Waals surface area (Å²) in [5, 5.41) is 0.737. The Morgan fingerprint density at radius 3 is 2.76 bits per heavy atom. The van der Waals surface area contributed by atoms with Crippen LogP contribution >= 0.6 is 11.6 Å². The smallest absolute Gasteiger partial charge is 0.137 e. The summed E-state index contributed by atoms with van der Waals surface area (Å²) >= 11 is 6.23. The Hall–Kier alpha value is -1.88. The average molecular weight is 356 g/mol. The quantitative estimate of drug-likeness (QED) is 0.829. The fraction of sp³-hybridized carbons (Fsp3) is 0.350. The summed E-state index contributed by atoms with van der Waals surface area (Å²) in [5.41, 5.74) is 2.19. The molecule has 1 saturated heterocycles.